The highest BCUT2D eigenvalue weighted by atomic mass is 32.2. The molecule has 1 atom stereocenters. The van der Waals surface area contributed by atoms with Crippen LogP contribution in [0, 0.1) is 26.7 Å². The third kappa shape index (κ3) is 5.13. The van der Waals surface area contributed by atoms with Crippen LogP contribution in [0.1, 0.15) is 41.0 Å². The van der Waals surface area contributed by atoms with Crippen molar-refractivity contribution in [2.45, 2.75) is 38.5 Å². The molecule has 0 bridgehead atoms. The number of sulfonamides is 1. The number of aryl methyl sites for hydroxylation is 3. The Morgan fingerprint density at radius 3 is 2.62 bits per heavy atom. The van der Waals surface area contributed by atoms with Gasteiger partial charge in [0.1, 0.15) is 5.69 Å². The number of nitrogens with zero attached hydrogens (tertiary/aromatic N) is 2. The standard InChI is InChI=1S/C26H29N3O4S/c1-18-11-13-23(19(2)16-18)27-26(30)22-10-7-15-29(17-22)34(31,32)25-20(3)28-33-24(25)14-12-21-8-5-4-6-9-21/h4-6,8-9,11-14,16,22H,7,10,15,17H2,1-3H3,(H,27,30)/b14-12+. The lowest BCUT2D eigenvalue weighted by Gasteiger charge is -2.31. The van der Waals surface area contributed by atoms with E-state index < -0.39 is 15.9 Å². The Kier molecular flexibility index (Phi) is 7.00. The molecular formula is C26H29N3O4S. The van der Waals surface area contributed by atoms with Gasteiger partial charge in [0.25, 0.3) is 0 Å². The monoisotopic (exact) mass is 479 g/mol. The zero-order valence-electron chi connectivity index (χ0n) is 19.6. The number of amides is 1. The average molecular weight is 480 g/mol. The van der Waals surface area contributed by atoms with Crippen LogP contribution in [0.4, 0.5) is 5.69 Å². The van der Waals surface area contributed by atoms with E-state index in [1.807, 2.05) is 62.4 Å². The first-order valence-electron chi connectivity index (χ1n) is 11.3. The van der Waals surface area contributed by atoms with Crippen molar-refractivity contribution in [1.82, 2.24) is 9.46 Å². The maximum absolute atomic E-state index is 13.6. The Morgan fingerprint density at radius 2 is 1.88 bits per heavy atom. The molecule has 1 saturated heterocycles. The maximum atomic E-state index is 13.6. The molecule has 3 aromatic rings. The van der Waals surface area contributed by atoms with Gasteiger partial charge < -0.3 is 9.84 Å². The normalized spacial score (nSPS) is 17.2. The Balaban J connectivity index is 1.53. The van der Waals surface area contributed by atoms with E-state index in [1.165, 1.54) is 4.31 Å². The van der Waals surface area contributed by atoms with Crippen molar-refractivity contribution in [3.05, 3.63) is 76.7 Å². The second-order valence-corrected chi connectivity index (χ2v) is 10.6. The summed E-state index contributed by atoms with van der Waals surface area (Å²) in [5, 5.41) is 6.88. The molecule has 2 aromatic carbocycles. The number of carbonyl (C=O) groups is 1. The molecule has 0 radical (unpaired) electrons. The molecule has 1 aliphatic heterocycles. The molecule has 0 aliphatic carbocycles. The Bertz CT molecular complexity index is 1310. The van der Waals surface area contributed by atoms with Crippen molar-refractivity contribution in [3.63, 3.8) is 0 Å². The minimum atomic E-state index is -3.89. The summed E-state index contributed by atoms with van der Waals surface area (Å²) in [5.74, 6) is -0.422. The maximum Gasteiger partial charge on any atom is 0.248 e. The fraction of sp³-hybridized carbons (Fsp3) is 0.308. The largest absolute Gasteiger partial charge is 0.355 e. The highest BCUT2D eigenvalue weighted by Gasteiger charge is 2.37. The van der Waals surface area contributed by atoms with Gasteiger partial charge in [0, 0.05) is 18.8 Å². The van der Waals surface area contributed by atoms with Gasteiger partial charge in [-0.1, -0.05) is 59.3 Å². The van der Waals surface area contributed by atoms with Gasteiger partial charge in [-0.05, 0) is 56.9 Å². The van der Waals surface area contributed by atoms with Gasteiger partial charge in [0.15, 0.2) is 10.7 Å². The van der Waals surface area contributed by atoms with Crippen molar-refractivity contribution < 1.29 is 17.7 Å². The first-order chi connectivity index (χ1) is 16.3. The van der Waals surface area contributed by atoms with Gasteiger partial charge in [-0.2, -0.15) is 4.31 Å². The van der Waals surface area contributed by atoms with Gasteiger partial charge in [-0.3, -0.25) is 4.79 Å². The quantitative estimate of drug-likeness (QED) is 0.548. The Morgan fingerprint density at radius 1 is 1.12 bits per heavy atom. The molecule has 8 heteroatoms. The molecule has 1 fully saturated rings. The third-order valence-electron chi connectivity index (χ3n) is 6.05. The molecule has 1 amide bonds. The molecule has 0 spiro atoms. The topological polar surface area (TPSA) is 92.5 Å². The second kappa shape index (κ2) is 9.95. The molecule has 0 saturated carbocycles. The number of piperidine rings is 1. The predicted octanol–water partition coefficient (Wildman–Crippen LogP) is 4.81. The van der Waals surface area contributed by atoms with Crippen LogP contribution in [0.3, 0.4) is 0 Å². The number of nitrogens with one attached hydrogen (secondary N) is 1. The summed E-state index contributed by atoms with van der Waals surface area (Å²) in [4.78, 5) is 13.0. The molecule has 7 nitrogen and oxygen atoms in total. The number of anilines is 1. The lowest BCUT2D eigenvalue weighted by molar-refractivity contribution is -0.120. The van der Waals surface area contributed by atoms with E-state index in [9.17, 15) is 13.2 Å². The van der Waals surface area contributed by atoms with E-state index in [-0.39, 0.29) is 23.1 Å². The van der Waals surface area contributed by atoms with E-state index in [1.54, 1.807) is 19.1 Å². The number of hydrogen-bond acceptors (Lipinski definition) is 5. The molecule has 4 rings (SSSR count). The third-order valence-corrected chi connectivity index (χ3v) is 8.08. The summed E-state index contributed by atoms with van der Waals surface area (Å²) in [6.07, 6.45) is 4.64. The highest BCUT2D eigenvalue weighted by molar-refractivity contribution is 7.89. The van der Waals surface area contributed by atoms with E-state index in [2.05, 4.69) is 10.5 Å². The van der Waals surface area contributed by atoms with Gasteiger partial charge in [0.05, 0.1) is 5.92 Å². The molecule has 1 unspecified atom stereocenters. The first kappa shape index (κ1) is 23.9. The van der Waals surface area contributed by atoms with Crippen LogP contribution in [-0.2, 0) is 14.8 Å². The Hall–Kier alpha value is -3.23. The minimum Gasteiger partial charge on any atom is -0.355 e. The van der Waals surface area contributed by atoms with Crippen LogP contribution >= 0.6 is 0 Å². The summed E-state index contributed by atoms with van der Waals surface area (Å²) in [5.41, 5.74) is 4.06. The van der Waals surface area contributed by atoms with Crippen LogP contribution in [-0.4, -0.2) is 36.9 Å². The summed E-state index contributed by atoms with van der Waals surface area (Å²) < 4.78 is 33.9. The predicted molar refractivity (Wildman–Crippen MR) is 133 cm³/mol. The molecule has 2 heterocycles. The second-order valence-electron chi connectivity index (χ2n) is 8.72. The van der Waals surface area contributed by atoms with Crippen molar-refractivity contribution in [1.29, 1.82) is 0 Å². The Labute approximate surface area is 200 Å². The molecular weight excluding hydrogens is 450 g/mol. The van der Waals surface area contributed by atoms with E-state index in [0.29, 0.717) is 25.1 Å². The zero-order chi connectivity index (χ0) is 24.3. The summed E-state index contributed by atoms with van der Waals surface area (Å²) in [6.45, 7) is 6.02. The average Bonchev–Trinajstić information content (AvgIpc) is 3.21. The molecule has 178 valence electrons. The van der Waals surface area contributed by atoms with Gasteiger partial charge in [-0.15, -0.1) is 0 Å². The van der Waals surface area contributed by atoms with Crippen molar-refractivity contribution in [2.24, 2.45) is 5.92 Å². The number of aromatic nitrogens is 1. The lowest BCUT2D eigenvalue weighted by Crippen LogP contribution is -2.44. The van der Waals surface area contributed by atoms with Crippen LogP contribution in [0.5, 0.6) is 0 Å². The summed E-state index contributed by atoms with van der Waals surface area (Å²) in [6, 6.07) is 15.4. The van der Waals surface area contributed by atoms with Crippen LogP contribution in [0.15, 0.2) is 57.9 Å². The van der Waals surface area contributed by atoms with Gasteiger partial charge in [0.2, 0.25) is 15.9 Å². The minimum absolute atomic E-state index is 0.0510. The van der Waals surface area contributed by atoms with Crippen LogP contribution in [0.2, 0.25) is 0 Å². The van der Waals surface area contributed by atoms with Gasteiger partial charge in [-0.25, -0.2) is 8.42 Å². The molecule has 1 aromatic heterocycles. The fourth-order valence-corrected chi connectivity index (χ4v) is 6.00. The summed E-state index contributed by atoms with van der Waals surface area (Å²) in [7, 11) is -3.89. The fourth-order valence-electron chi connectivity index (χ4n) is 4.23. The van der Waals surface area contributed by atoms with Gasteiger partial charge >= 0.3 is 0 Å². The highest BCUT2D eigenvalue weighted by Crippen LogP contribution is 2.30. The number of rotatable bonds is 6. The van der Waals surface area contributed by atoms with Crippen molar-refractivity contribution in [3.8, 4) is 0 Å². The first-order valence-corrected chi connectivity index (χ1v) is 12.8. The number of carbonyl (C=O) groups excluding carboxylic acids is 1. The molecule has 1 N–H and O–H groups in total. The summed E-state index contributed by atoms with van der Waals surface area (Å²) >= 11 is 0. The van der Waals surface area contributed by atoms with Crippen molar-refractivity contribution >= 4 is 33.8 Å². The lowest BCUT2D eigenvalue weighted by atomic mass is 9.98. The SMILES string of the molecule is Cc1ccc(NC(=O)C2CCCN(S(=O)(=O)c3c(C)noc3/C=C/c3ccccc3)C2)c(C)c1. The van der Waals surface area contributed by atoms with E-state index in [4.69, 9.17) is 4.52 Å². The van der Waals surface area contributed by atoms with Crippen molar-refractivity contribution in [2.75, 3.05) is 18.4 Å². The number of hydrogen-bond donors (Lipinski definition) is 1. The van der Waals surface area contributed by atoms with Crippen LogP contribution < -0.4 is 5.32 Å². The van der Waals surface area contributed by atoms with E-state index in [0.717, 1.165) is 22.4 Å². The molecule has 1 aliphatic rings. The van der Waals surface area contributed by atoms with Crippen LogP contribution in [0.25, 0.3) is 12.2 Å². The number of benzene rings is 2. The smallest absolute Gasteiger partial charge is 0.248 e. The molecule has 34 heavy (non-hydrogen) atoms. The zero-order valence-corrected chi connectivity index (χ0v) is 20.4. The van der Waals surface area contributed by atoms with E-state index >= 15 is 0 Å².